The number of nitrogens with one attached hydrogen (secondary N) is 2. The van der Waals surface area contributed by atoms with Crippen molar-refractivity contribution in [2.75, 3.05) is 37.4 Å². The molecule has 2 heterocycles. The number of aryl methyl sites for hydroxylation is 1. The number of rotatable bonds is 5. The van der Waals surface area contributed by atoms with Crippen LogP contribution in [0.5, 0.6) is 0 Å². The summed E-state index contributed by atoms with van der Waals surface area (Å²) in [5.74, 6) is 3.32. The molecular weight excluding hydrogens is 228 g/mol. The van der Waals surface area contributed by atoms with Crippen LogP contribution in [0.3, 0.4) is 0 Å². The van der Waals surface area contributed by atoms with Crippen LogP contribution in [0.2, 0.25) is 0 Å². The summed E-state index contributed by atoms with van der Waals surface area (Å²) >= 11 is 0. The van der Waals surface area contributed by atoms with Gasteiger partial charge in [-0.05, 0) is 13.3 Å². The summed E-state index contributed by atoms with van der Waals surface area (Å²) in [5.41, 5.74) is 1.08. The van der Waals surface area contributed by atoms with Gasteiger partial charge in [-0.1, -0.05) is 6.92 Å². The molecule has 0 spiro atoms. The lowest BCUT2D eigenvalue weighted by molar-refractivity contribution is 0.187. The predicted octanol–water partition coefficient (Wildman–Crippen LogP) is 1.84. The normalized spacial score (nSPS) is 18.9. The van der Waals surface area contributed by atoms with Crippen LogP contribution < -0.4 is 10.6 Å². The minimum atomic E-state index is 0.600. The third kappa shape index (κ3) is 2.90. The van der Waals surface area contributed by atoms with Crippen molar-refractivity contribution in [2.24, 2.45) is 5.92 Å². The van der Waals surface area contributed by atoms with Crippen molar-refractivity contribution in [3.05, 3.63) is 11.4 Å². The zero-order valence-electron chi connectivity index (χ0n) is 11.4. The molecule has 2 rings (SSSR count). The average molecular weight is 250 g/mol. The highest BCUT2D eigenvalue weighted by Gasteiger charge is 2.16. The molecule has 0 bridgehead atoms. The maximum Gasteiger partial charge on any atom is 0.134 e. The molecule has 0 amide bonds. The second-order valence-electron chi connectivity index (χ2n) is 4.68. The first-order chi connectivity index (χ1) is 8.74. The molecule has 1 atom stereocenters. The summed E-state index contributed by atoms with van der Waals surface area (Å²) in [4.78, 5) is 9.02. The van der Waals surface area contributed by atoms with Gasteiger partial charge < -0.3 is 15.4 Å². The summed E-state index contributed by atoms with van der Waals surface area (Å²) < 4.78 is 5.38. The summed E-state index contributed by atoms with van der Waals surface area (Å²) in [5, 5.41) is 6.56. The number of hydrogen-bond acceptors (Lipinski definition) is 5. The van der Waals surface area contributed by atoms with Crippen LogP contribution in [0.25, 0.3) is 0 Å². The molecule has 1 fully saturated rings. The fraction of sp³-hybridized carbons (Fsp3) is 0.692. The summed E-state index contributed by atoms with van der Waals surface area (Å²) in [6, 6.07) is 0. The Hall–Kier alpha value is -1.36. The second-order valence-corrected chi connectivity index (χ2v) is 4.68. The van der Waals surface area contributed by atoms with Crippen LogP contribution in [0.15, 0.2) is 0 Å². The molecule has 2 N–H and O–H groups in total. The van der Waals surface area contributed by atoms with Crippen LogP contribution >= 0.6 is 0 Å². The number of aromatic nitrogens is 2. The Morgan fingerprint density at radius 1 is 1.33 bits per heavy atom. The molecule has 0 saturated carbocycles. The van der Waals surface area contributed by atoms with Gasteiger partial charge in [-0.15, -0.1) is 0 Å². The van der Waals surface area contributed by atoms with Gasteiger partial charge in [-0.25, -0.2) is 9.97 Å². The molecule has 1 aromatic rings. The summed E-state index contributed by atoms with van der Waals surface area (Å²) in [6.07, 6.45) is 1.98. The van der Waals surface area contributed by atoms with E-state index in [0.717, 1.165) is 55.6 Å². The van der Waals surface area contributed by atoms with Crippen molar-refractivity contribution in [1.29, 1.82) is 0 Å². The predicted molar refractivity (Wildman–Crippen MR) is 73.1 cm³/mol. The molecule has 0 aliphatic carbocycles. The minimum absolute atomic E-state index is 0.600. The average Bonchev–Trinajstić information content (AvgIpc) is 2.90. The van der Waals surface area contributed by atoms with Gasteiger partial charge >= 0.3 is 0 Å². The van der Waals surface area contributed by atoms with Gasteiger partial charge in [-0.2, -0.15) is 0 Å². The van der Waals surface area contributed by atoms with Gasteiger partial charge in [0.15, 0.2) is 0 Å². The number of hydrogen-bond donors (Lipinski definition) is 2. The molecule has 100 valence electrons. The van der Waals surface area contributed by atoms with E-state index in [2.05, 4.69) is 27.5 Å². The van der Waals surface area contributed by atoms with Crippen LogP contribution in [0.4, 0.5) is 11.6 Å². The van der Waals surface area contributed by atoms with Crippen LogP contribution in [-0.4, -0.2) is 36.8 Å². The van der Waals surface area contributed by atoms with Crippen LogP contribution in [-0.2, 0) is 11.2 Å². The van der Waals surface area contributed by atoms with Gasteiger partial charge in [0, 0.05) is 38.1 Å². The number of anilines is 2. The first kappa shape index (κ1) is 13.1. The molecule has 5 heteroatoms. The van der Waals surface area contributed by atoms with E-state index in [4.69, 9.17) is 4.74 Å². The Balaban J connectivity index is 2.09. The third-order valence-corrected chi connectivity index (χ3v) is 3.33. The van der Waals surface area contributed by atoms with E-state index in [9.17, 15) is 0 Å². The fourth-order valence-electron chi connectivity index (χ4n) is 2.12. The molecule has 1 unspecified atom stereocenters. The van der Waals surface area contributed by atoms with Crippen molar-refractivity contribution in [3.63, 3.8) is 0 Å². The highest BCUT2D eigenvalue weighted by atomic mass is 16.5. The monoisotopic (exact) mass is 250 g/mol. The van der Waals surface area contributed by atoms with E-state index in [0.29, 0.717) is 5.92 Å². The zero-order valence-corrected chi connectivity index (χ0v) is 11.4. The van der Waals surface area contributed by atoms with Crippen molar-refractivity contribution >= 4 is 11.6 Å². The quantitative estimate of drug-likeness (QED) is 0.835. The molecule has 0 aromatic carbocycles. The van der Waals surface area contributed by atoms with Gasteiger partial charge in [-0.3, -0.25) is 0 Å². The SMILES string of the molecule is CCc1nc(NC)c(C)c(NCC2CCOC2)n1. The molecule has 1 saturated heterocycles. The first-order valence-corrected chi connectivity index (χ1v) is 6.61. The summed E-state index contributed by atoms with van der Waals surface area (Å²) in [6.45, 7) is 6.77. The highest BCUT2D eigenvalue weighted by Crippen LogP contribution is 2.21. The second kappa shape index (κ2) is 6.00. The van der Waals surface area contributed by atoms with E-state index in [1.165, 1.54) is 0 Å². The molecule has 1 aliphatic rings. The van der Waals surface area contributed by atoms with Gasteiger partial charge in [0.1, 0.15) is 17.5 Å². The standard InChI is InChI=1S/C13H22N4O/c1-4-11-16-12(14-3)9(2)13(17-11)15-7-10-5-6-18-8-10/h10H,4-8H2,1-3H3,(H2,14,15,16,17). The van der Waals surface area contributed by atoms with E-state index >= 15 is 0 Å². The van der Waals surface area contributed by atoms with Crippen LogP contribution in [0, 0.1) is 12.8 Å². The Labute approximate surface area is 108 Å². The topological polar surface area (TPSA) is 59.1 Å². The molecule has 18 heavy (non-hydrogen) atoms. The third-order valence-electron chi connectivity index (χ3n) is 3.33. The lowest BCUT2D eigenvalue weighted by Gasteiger charge is -2.15. The van der Waals surface area contributed by atoms with Crippen molar-refractivity contribution in [2.45, 2.75) is 26.7 Å². The highest BCUT2D eigenvalue weighted by molar-refractivity contribution is 5.57. The maximum atomic E-state index is 5.38. The van der Waals surface area contributed by atoms with E-state index < -0.39 is 0 Å². The van der Waals surface area contributed by atoms with Gasteiger partial charge in [0.05, 0.1) is 6.61 Å². The van der Waals surface area contributed by atoms with Gasteiger partial charge in [0.25, 0.3) is 0 Å². The number of nitrogens with zero attached hydrogens (tertiary/aromatic N) is 2. The van der Waals surface area contributed by atoms with Gasteiger partial charge in [0.2, 0.25) is 0 Å². The van der Waals surface area contributed by atoms with E-state index in [1.807, 2.05) is 14.0 Å². The lowest BCUT2D eigenvalue weighted by Crippen LogP contribution is -2.17. The Kier molecular flexibility index (Phi) is 4.36. The fourth-order valence-corrected chi connectivity index (χ4v) is 2.12. The van der Waals surface area contributed by atoms with Crippen molar-refractivity contribution in [1.82, 2.24) is 9.97 Å². The van der Waals surface area contributed by atoms with Crippen molar-refractivity contribution < 1.29 is 4.74 Å². The van der Waals surface area contributed by atoms with Crippen molar-refractivity contribution in [3.8, 4) is 0 Å². The Morgan fingerprint density at radius 3 is 2.72 bits per heavy atom. The van der Waals surface area contributed by atoms with E-state index in [1.54, 1.807) is 0 Å². The smallest absolute Gasteiger partial charge is 0.134 e. The first-order valence-electron chi connectivity index (χ1n) is 6.61. The Bertz CT molecular complexity index is 402. The zero-order chi connectivity index (χ0) is 13.0. The largest absolute Gasteiger partial charge is 0.381 e. The molecule has 0 radical (unpaired) electrons. The molecule has 1 aliphatic heterocycles. The number of ether oxygens (including phenoxy) is 1. The van der Waals surface area contributed by atoms with Crippen LogP contribution in [0.1, 0.15) is 24.7 Å². The lowest BCUT2D eigenvalue weighted by atomic mass is 10.1. The summed E-state index contributed by atoms with van der Waals surface area (Å²) in [7, 11) is 1.89. The van der Waals surface area contributed by atoms with E-state index in [-0.39, 0.29) is 0 Å². The maximum absolute atomic E-state index is 5.38. The molecule has 5 nitrogen and oxygen atoms in total. The molecular formula is C13H22N4O. The Morgan fingerprint density at radius 2 is 2.11 bits per heavy atom. The minimum Gasteiger partial charge on any atom is -0.381 e. The molecule has 1 aromatic heterocycles.